The second kappa shape index (κ2) is 4.45. The maximum Gasteiger partial charge on any atom is 0.303 e. The normalized spacial score (nSPS) is 30.1. The molecule has 0 aromatic heterocycles. The highest BCUT2D eigenvalue weighted by atomic mass is 16.4. The monoisotopic (exact) mass is 171 g/mol. The molecule has 0 heterocycles. The lowest BCUT2D eigenvalue weighted by molar-refractivity contribution is -0.138. The molecular formula is C9H17NO2. The van der Waals surface area contributed by atoms with Crippen molar-refractivity contribution < 1.29 is 9.90 Å². The van der Waals surface area contributed by atoms with Gasteiger partial charge in [0.15, 0.2) is 0 Å². The molecule has 0 atom stereocenters. The molecule has 0 aromatic rings. The first kappa shape index (κ1) is 9.52. The predicted octanol–water partition coefficient (Wildman–Crippen LogP) is 1.23. The van der Waals surface area contributed by atoms with Crippen LogP contribution in [0.4, 0.5) is 0 Å². The Hall–Kier alpha value is -0.570. The van der Waals surface area contributed by atoms with Crippen LogP contribution in [-0.2, 0) is 4.79 Å². The number of aliphatic carboxylic acids is 1. The van der Waals surface area contributed by atoms with Gasteiger partial charge in [-0.15, -0.1) is 0 Å². The molecule has 0 saturated heterocycles. The van der Waals surface area contributed by atoms with Crippen molar-refractivity contribution in [3.63, 3.8) is 0 Å². The van der Waals surface area contributed by atoms with Crippen LogP contribution in [0.15, 0.2) is 0 Å². The molecule has 0 amide bonds. The molecule has 3 heteroatoms. The maximum atomic E-state index is 10.4. The molecule has 0 aliphatic heterocycles. The van der Waals surface area contributed by atoms with Gasteiger partial charge in [-0.3, -0.25) is 4.79 Å². The summed E-state index contributed by atoms with van der Waals surface area (Å²) < 4.78 is 0. The molecule has 70 valence electrons. The third kappa shape index (κ3) is 2.81. The number of hydrogen-bond donors (Lipinski definition) is 2. The number of rotatable bonds is 3. The topological polar surface area (TPSA) is 63.3 Å². The van der Waals surface area contributed by atoms with Crippen LogP contribution >= 0.6 is 0 Å². The highest BCUT2D eigenvalue weighted by Crippen LogP contribution is 2.29. The first-order valence-corrected chi connectivity index (χ1v) is 4.64. The van der Waals surface area contributed by atoms with E-state index in [1.807, 2.05) is 0 Å². The average Bonchev–Trinajstić information content (AvgIpc) is 2.05. The van der Waals surface area contributed by atoms with Gasteiger partial charge in [-0.25, -0.2) is 0 Å². The summed E-state index contributed by atoms with van der Waals surface area (Å²) in [4.78, 5) is 10.4. The van der Waals surface area contributed by atoms with Crippen LogP contribution in [0.25, 0.3) is 0 Å². The van der Waals surface area contributed by atoms with Crippen LogP contribution in [0.3, 0.4) is 0 Å². The van der Waals surface area contributed by atoms with E-state index in [2.05, 4.69) is 0 Å². The molecule has 0 radical (unpaired) electrons. The van der Waals surface area contributed by atoms with Gasteiger partial charge >= 0.3 is 5.97 Å². The predicted molar refractivity (Wildman–Crippen MR) is 46.8 cm³/mol. The first-order valence-electron chi connectivity index (χ1n) is 4.64. The Morgan fingerprint density at radius 1 is 1.25 bits per heavy atom. The Kier molecular flexibility index (Phi) is 3.53. The lowest BCUT2D eigenvalue weighted by Gasteiger charge is -2.26. The van der Waals surface area contributed by atoms with E-state index in [4.69, 9.17) is 10.8 Å². The average molecular weight is 171 g/mol. The summed E-state index contributed by atoms with van der Waals surface area (Å²) in [5.74, 6) is 0.395. The Labute approximate surface area is 72.9 Å². The standard InChI is InChI=1S/C9H17NO2/c10-6-8-3-1-7(2-4-8)5-9(11)12/h7-8H,1-6,10H2,(H,11,12). The van der Waals surface area contributed by atoms with E-state index < -0.39 is 5.97 Å². The summed E-state index contributed by atoms with van der Waals surface area (Å²) in [7, 11) is 0. The summed E-state index contributed by atoms with van der Waals surface area (Å²) in [6, 6.07) is 0. The first-order chi connectivity index (χ1) is 5.72. The molecule has 1 saturated carbocycles. The highest BCUT2D eigenvalue weighted by molar-refractivity contribution is 5.67. The third-order valence-electron chi connectivity index (χ3n) is 2.76. The van der Waals surface area contributed by atoms with Crippen molar-refractivity contribution in [2.75, 3.05) is 6.54 Å². The van der Waals surface area contributed by atoms with Crippen molar-refractivity contribution >= 4 is 5.97 Å². The third-order valence-corrected chi connectivity index (χ3v) is 2.76. The van der Waals surface area contributed by atoms with Gasteiger partial charge in [0.05, 0.1) is 0 Å². The van der Waals surface area contributed by atoms with E-state index in [0.717, 1.165) is 32.2 Å². The van der Waals surface area contributed by atoms with E-state index in [1.165, 1.54) is 0 Å². The molecule has 3 N–H and O–H groups in total. The Morgan fingerprint density at radius 2 is 1.75 bits per heavy atom. The van der Waals surface area contributed by atoms with Gasteiger partial charge in [-0.1, -0.05) is 0 Å². The minimum absolute atomic E-state index is 0.345. The van der Waals surface area contributed by atoms with Crippen molar-refractivity contribution in [2.45, 2.75) is 32.1 Å². The zero-order chi connectivity index (χ0) is 8.97. The van der Waals surface area contributed by atoms with Gasteiger partial charge in [0.1, 0.15) is 0 Å². The minimum atomic E-state index is -0.661. The van der Waals surface area contributed by atoms with Crippen molar-refractivity contribution in [1.29, 1.82) is 0 Å². The van der Waals surface area contributed by atoms with Gasteiger partial charge in [-0.2, -0.15) is 0 Å². The zero-order valence-corrected chi connectivity index (χ0v) is 7.33. The number of nitrogens with two attached hydrogens (primary N) is 1. The van der Waals surface area contributed by atoms with Crippen molar-refractivity contribution in [1.82, 2.24) is 0 Å². The maximum absolute atomic E-state index is 10.4. The van der Waals surface area contributed by atoms with Gasteiger partial charge in [-0.05, 0) is 44.1 Å². The van der Waals surface area contributed by atoms with Crippen LogP contribution in [0.2, 0.25) is 0 Å². The number of hydrogen-bond acceptors (Lipinski definition) is 2. The molecule has 1 rings (SSSR count). The van der Waals surface area contributed by atoms with Crippen LogP contribution < -0.4 is 5.73 Å². The molecule has 0 bridgehead atoms. The molecule has 1 aliphatic rings. The van der Waals surface area contributed by atoms with Gasteiger partial charge in [0.25, 0.3) is 0 Å². The highest BCUT2D eigenvalue weighted by Gasteiger charge is 2.21. The lowest BCUT2D eigenvalue weighted by Crippen LogP contribution is -2.22. The van der Waals surface area contributed by atoms with E-state index in [-0.39, 0.29) is 0 Å². The Bertz CT molecular complexity index is 151. The summed E-state index contributed by atoms with van der Waals surface area (Å²) in [5, 5.41) is 8.56. The van der Waals surface area contributed by atoms with E-state index in [0.29, 0.717) is 18.3 Å². The van der Waals surface area contributed by atoms with Crippen LogP contribution in [0, 0.1) is 11.8 Å². The molecular weight excluding hydrogens is 154 g/mol. The van der Waals surface area contributed by atoms with Crippen molar-refractivity contribution in [3.05, 3.63) is 0 Å². The summed E-state index contributed by atoms with van der Waals surface area (Å²) in [6.07, 6.45) is 4.68. The second-order valence-corrected chi connectivity index (χ2v) is 3.72. The zero-order valence-electron chi connectivity index (χ0n) is 7.33. The number of carboxylic acids is 1. The fraction of sp³-hybridized carbons (Fsp3) is 0.889. The fourth-order valence-electron chi connectivity index (χ4n) is 1.92. The SMILES string of the molecule is NCC1CCC(CC(=O)O)CC1. The molecule has 0 unspecified atom stereocenters. The molecule has 3 nitrogen and oxygen atoms in total. The van der Waals surface area contributed by atoms with Crippen LogP contribution in [0.1, 0.15) is 32.1 Å². The number of carboxylic acid groups (broad SMARTS) is 1. The van der Waals surface area contributed by atoms with Crippen LogP contribution in [-0.4, -0.2) is 17.6 Å². The smallest absolute Gasteiger partial charge is 0.303 e. The number of carbonyl (C=O) groups is 1. The van der Waals surface area contributed by atoms with Crippen molar-refractivity contribution in [2.24, 2.45) is 17.6 Å². The Morgan fingerprint density at radius 3 is 2.17 bits per heavy atom. The molecule has 0 aromatic carbocycles. The van der Waals surface area contributed by atoms with Crippen molar-refractivity contribution in [3.8, 4) is 0 Å². The molecule has 1 aliphatic carbocycles. The summed E-state index contributed by atoms with van der Waals surface area (Å²) >= 11 is 0. The van der Waals surface area contributed by atoms with Gasteiger partial charge in [0, 0.05) is 6.42 Å². The summed E-state index contributed by atoms with van der Waals surface area (Å²) in [5.41, 5.74) is 5.53. The Balaban J connectivity index is 2.21. The van der Waals surface area contributed by atoms with Gasteiger partial charge < -0.3 is 10.8 Å². The minimum Gasteiger partial charge on any atom is -0.481 e. The quantitative estimate of drug-likeness (QED) is 0.671. The lowest BCUT2D eigenvalue weighted by atomic mass is 9.81. The van der Waals surface area contributed by atoms with E-state index in [9.17, 15) is 4.79 Å². The van der Waals surface area contributed by atoms with E-state index in [1.54, 1.807) is 0 Å². The fourth-order valence-corrected chi connectivity index (χ4v) is 1.92. The molecule has 12 heavy (non-hydrogen) atoms. The van der Waals surface area contributed by atoms with E-state index >= 15 is 0 Å². The van der Waals surface area contributed by atoms with Gasteiger partial charge in [0.2, 0.25) is 0 Å². The summed E-state index contributed by atoms with van der Waals surface area (Å²) in [6.45, 7) is 0.764. The van der Waals surface area contributed by atoms with Crippen LogP contribution in [0.5, 0.6) is 0 Å². The molecule has 0 spiro atoms. The largest absolute Gasteiger partial charge is 0.481 e. The molecule has 1 fully saturated rings. The second-order valence-electron chi connectivity index (χ2n) is 3.72.